The first kappa shape index (κ1) is 7.79. The Morgan fingerprint density at radius 3 is 3.09 bits per heavy atom. The van der Waals surface area contributed by atoms with Gasteiger partial charge in [-0.1, -0.05) is 6.92 Å². The van der Waals surface area contributed by atoms with Crippen molar-refractivity contribution in [3.8, 4) is 0 Å². The summed E-state index contributed by atoms with van der Waals surface area (Å²) in [6.45, 7) is 1.84. The van der Waals surface area contributed by atoms with Crippen LogP contribution in [-0.4, -0.2) is 5.78 Å². The van der Waals surface area contributed by atoms with Gasteiger partial charge in [0.15, 0.2) is 5.78 Å². The van der Waals surface area contributed by atoms with E-state index in [0.717, 1.165) is 5.56 Å². The summed E-state index contributed by atoms with van der Waals surface area (Å²) in [5.41, 5.74) is 0.923. The van der Waals surface area contributed by atoms with E-state index < -0.39 is 0 Å². The van der Waals surface area contributed by atoms with Crippen LogP contribution in [0.3, 0.4) is 0 Å². The Balaban J connectivity index is 2.55. The molecule has 0 radical (unpaired) electrons. The highest BCUT2D eigenvalue weighted by molar-refractivity contribution is 5.93. The van der Waals surface area contributed by atoms with Gasteiger partial charge in [0.05, 0.1) is 12.5 Å². The molecule has 0 bridgehead atoms. The molecule has 0 aliphatic rings. The van der Waals surface area contributed by atoms with Crippen molar-refractivity contribution in [1.82, 2.24) is 0 Å². The van der Waals surface area contributed by atoms with Gasteiger partial charge in [0.2, 0.25) is 0 Å². The Hall–Kier alpha value is -1.31. The number of carbonyl (C=O) groups excluding carboxylic acids is 1. The number of allylic oxidation sites excluding steroid dienone is 1. The molecule has 1 aromatic rings. The molecule has 1 heterocycles. The van der Waals surface area contributed by atoms with Crippen LogP contribution in [0.15, 0.2) is 29.1 Å². The largest absolute Gasteiger partial charge is 0.472 e. The summed E-state index contributed by atoms with van der Waals surface area (Å²) in [4.78, 5) is 10.8. The molecule has 0 atom stereocenters. The fraction of sp³-hybridized carbons (Fsp3) is 0.222. The molecule has 0 aromatic carbocycles. The molecule has 2 heteroatoms. The van der Waals surface area contributed by atoms with E-state index in [1.54, 1.807) is 30.7 Å². The standard InChI is InChI=1S/C9H10O2/c1-2-9(10)4-3-8-5-6-11-7-8/h3-7H,2H2,1H3/b4-3+. The highest BCUT2D eigenvalue weighted by Gasteiger charge is 1.90. The average Bonchev–Trinajstić information content (AvgIpc) is 2.52. The van der Waals surface area contributed by atoms with E-state index in [0.29, 0.717) is 6.42 Å². The summed E-state index contributed by atoms with van der Waals surface area (Å²) in [5.74, 6) is 0.131. The van der Waals surface area contributed by atoms with Gasteiger partial charge in [0.25, 0.3) is 0 Å². The lowest BCUT2D eigenvalue weighted by molar-refractivity contribution is -0.114. The second-order valence-corrected chi connectivity index (χ2v) is 2.21. The number of rotatable bonds is 3. The summed E-state index contributed by atoms with van der Waals surface area (Å²) >= 11 is 0. The van der Waals surface area contributed by atoms with Crippen LogP contribution in [0.1, 0.15) is 18.9 Å². The van der Waals surface area contributed by atoms with Gasteiger partial charge in [-0.25, -0.2) is 0 Å². The number of hydrogen-bond donors (Lipinski definition) is 0. The van der Waals surface area contributed by atoms with E-state index in [4.69, 9.17) is 4.42 Å². The second-order valence-electron chi connectivity index (χ2n) is 2.21. The van der Waals surface area contributed by atoms with Crippen LogP contribution in [0.4, 0.5) is 0 Å². The molecule has 0 saturated heterocycles. The zero-order valence-electron chi connectivity index (χ0n) is 6.41. The Morgan fingerprint density at radius 2 is 2.55 bits per heavy atom. The summed E-state index contributed by atoms with van der Waals surface area (Å²) < 4.78 is 4.82. The van der Waals surface area contributed by atoms with Crippen LogP contribution < -0.4 is 0 Å². The van der Waals surface area contributed by atoms with Crippen molar-refractivity contribution in [2.75, 3.05) is 0 Å². The molecule has 0 saturated carbocycles. The van der Waals surface area contributed by atoms with E-state index in [1.165, 1.54) is 0 Å². The van der Waals surface area contributed by atoms with Crippen molar-refractivity contribution in [3.63, 3.8) is 0 Å². The van der Waals surface area contributed by atoms with Gasteiger partial charge in [-0.3, -0.25) is 4.79 Å². The molecular formula is C9H10O2. The molecule has 0 aliphatic heterocycles. The monoisotopic (exact) mass is 150 g/mol. The highest BCUT2D eigenvalue weighted by Crippen LogP contribution is 2.02. The van der Waals surface area contributed by atoms with E-state index in [1.807, 2.05) is 6.92 Å². The Kier molecular flexibility index (Phi) is 2.66. The molecule has 58 valence electrons. The number of furan rings is 1. The molecule has 1 aromatic heterocycles. The summed E-state index contributed by atoms with van der Waals surface area (Å²) in [5, 5.41) is 0. The summed E-state index contributed by atoms with van der Waals surface area (Å²) in [7, 11) is 0. The Morgan fingerprint density at radius 1 is 1.73 bits per heavy atom. The highest BCUT2D eigenvalue weighted by atomic mass is 16.3. The van der Waals surface area contributed by atoms with Crippen LogP contribution in [-0.2, 0) is 4.79 Å². The first-order valence-corrected chi connectivity index (χ1v) is 3.56. The van der Waals surface area contributed by atoms with Gasteiger partial charge in [-0.05, 0) is 18.2 Å². The summed E-state index contributed by atoms with van der Waals surface area (Å²) in [6, 6.07) is 1.80. The fourth-order valence-corrected chi connectivity index (χ4v) is 0.677. The van der Waals surface area contributed by atoms with Crippen LogP contribution >= 0.6 is 0 Å². The molecule has 0 fully saturated rings. The SMILES string of the molecule is CCC(=O)/C=C/c1ccoc1. The number of ketones is 1. The van der Waals surface area contributed by atoms with Crippen LogP contribution in [0.5, 0.6) is 0 Å². The van der Waals surface area contributed by atoms with Gasteiger partial charge in [0.1, 0.15) is 0 Å². The molecule has 0 amide bonds. The van der Waals surface area contributed by atoms with Gasteiger partial charge < -0.3 is 4.42 Å². The Labute approximate surface area is 65.5 Å². The minimum Gasteiger partial charge on any atom is -0.472 e. The van der Waals surface area contributed by atoms with Crippen LogP contribution in [0.2, 0.25) is 0 Å². The topological polar surface area (TPSA) is 30.2 Å². The lowest BCUT2D eigenvalue weighted by Gasteiger charge is -1.82. The van der Waals surface area contributed by atoms with Crippen molar-refractivity contribution in [1.29, 1.82) is 0 Å². The molecule has 1 rings (SSSR count). The predicted octanol–water partition coefficient (Wildman–Crippen LogP) is 2.27. The molecule has 0 aliphatic carbocycles. The molecule has 0 unspecified atom stereocenters. The maximum Gasteiger partial charge on any atom is 0.155 e. The molecular weight excluding hydrogens is 140 g/mol. The maximum absolute atomic E-state index is 10.8. The van der Waals surface area contributed by atoms with Crippen molar-refractivity contribution in [3.05, 3.63) is 30.2 Å². The number of hydrogen-bond acceptors (Lipinski definition) is 2. The van der Waals surface area contributed by atoms with Gasteiger partial charge in [-0.2, -0.15) is 0 Å². The van der Waals surface area contributed by atoms with E-state index >= 15 is 0 Å². The van der Waals surface area contributed by atoms with Gasteiger partial charge >= 0.3 is 0 Å². The zero-order valence-corrected chi connectivity index (χ0v) is 6.41. The smallest absolute Gasteiger partial charge is 0.155 e. The van der Waals surface area contributed by atoms with Crippen LogP contribution in [0.25, 0.3) is 6.08 Å². The van der Waals surface area contributed by atoms with Crippen molar-refractivity contribution >= 4 is 11.9 Å². The normalized spacial score (nSPS) is 10.6. The lowest BCUT2D eigenvalue weighted by Crippen LogP contribution is -1.85. The third kappa shape index (κ3) is 2.42. The third-order valence-corrected chi connectivity index (χ3v) is 1.35. The number of carbonyl (C=O) groups is 1. The minimum atomic E-state index is 0.131. The van der Waals surface area contributed by atoms with Crippen LogP contribution in [0, 0.1) is 0 Å². The van der Waals surface area contributed by atoms with E-state index in [-0.39, 0.29) is 5.78 Å². The predicted molar refractivity (Wildman–Crippen MR) is 43.0 cm³/mol. The second kappa shape index (κ2) is 3.76. The van der Waals surface area contributed by atoms with E-state index in [2.05, 4.69) is 0 Å². The Bertz CT molecular complexity index is 245. The first-order valence-electron chi connectivity index (χ1n) is 3.56. The van der Waals surface area contributed by atoms with E-state index in [9.17, 15) is 4.79 Å². The average molecular weight is 150 g/mol. The minimum absolute atomic E-state index is 0.131. The lowest BCUT2D eigenvalue weighted by atomic mass is 10.2. The maximum atomic E-state index is 10.8. The molecule has 0 spiro atoms. The first-order chi connectivity index (χ1) is 5.33. The quantitative estimate of drug-likeness (QED) is 0.619. The van der Waals surface area contributed by atoms with Crippen molar-refractivity contribution in [2.24, 2.45) is 0 Å². The zero-order chi connectivity index (χ0) is 8.10. The van der Waals surface area contributed by atoms with Crippen molar-refractivity contribution in [2.45, 2.75) is 13.3 Å². The van der Waals surface area contributed by atoms with Gasteiger partial charge in [-0.15, -0.1) is 0 Å². The molecule has 2 nitrogen and oxygen atoms in total. The molecule has 11 heavy (non-hydrogen) atoms. The van der Waals surface area contributed by atoms with Crippen molar-refractivity contribution < 1.29 is 9.21 Å². The molecule has 0 N–H and O–H groups in total. The summed E-state index contributed by atoms with van der Waals surface area (Å²) in [6.07, 6.45) is 7.03. The van der Waals surface area contributed by atoms with Gasteiger partial charge in [0, 0.05) is 12.0 Å². The fourth-order valence-electron chi connectivity index (χ4n) is 0.677. The third-order valence-electron chi connectivity index (χ3n) is 1.35.